The molecule has 0 atom stereocenters. The van der Waals surface area contributed by atoms with Crippen molar-refractivity contribution in [1.82, 2.24) is 9.62 Å². The summed E-state index contributed by atoms with van der Waals surface area (Å²) in [6, 6.07) is 1.34. The van der Waals surface area contributed by atoms with Crippen LogP contribution in [-0.2, 0) is 10.0 Å². The monoisotopic (exact) mass is 275 g/mol. The van der Waals surface area contributed by atoms with Crippen molar-refractivity contribution >= 4 is 27.3 Å². The molecule has 0 bridgehead atoms. The fourth-order valence-electron chi connectivity index (χ4n) is 1.59. The van der Waals surface area contributed by atoms with Gasteiger partial charge in [-0.3, -0.25) is 4.79 Å². The molecule has 1 fully saturated rings. The number of nitrogens with zero attached hydrogens (tertiary/aromatic N) is 1. The largest absolute Gasteiger partial charge is 0.366 e. The molecule has 0 unspecified atom stereocenters. The van der Waals surface area contributed by atoms with Crippen LogP contribution < -0.4 is 11.1 Å². The third kappa shape index (κ3) is 2.49. The zero-order chi connectivity index (χ0) is 12.5. The molecule has 3 N–H and O–H groups in total. The van der Waals surface area contributed by atoms with Gasteiger partial charge < -0.3 is 11.1 Å². The summed E-state index contributed by atoms with van der Waals surface area (Å²) < 4.78 is 26.0. The van der Waals surface area contributed by atoms with Gasteiger partial charge in [0.2, 0.25) is 5.91 Å². The molecule has 0 aromatic carbocycles. The van der Waals surface area contributed by atoms with Crippen LogP contribution in [0.3, 0.4) is 0 Å². The number of rotatable bonds is 3. The molecule has 0 saturated carbocycles. The minimum Gasteiger partial charge on any atom is -0.366 e. The van der Waals surface area contributed by atoms with Crippen molar-refractivity contribution < 1.29 is 13.2 Å². The van der Waals surface area contributed by atoms with Crippen LogP contribution in [0, 0.1) is 0 Å². The van der Waals surface area contributed by atoms with E-state index in [1.165, 1.54) is 15.8 Å². The molecule has 17 heavy (non-hydrogen) atoms. The van der Waals surface area contributed by atoms with Gasteiger partial charge >= 0.3 is 0 Å². The Labute approximate surface area is 103 Å². The van der Waals surface area contributed by atoms with Crippen LogP contribution in [0.2, 0.25) is 0 Å². The second-order valence-corrected chi connectivity index (χ2v) is 6.75. The molecule has 1 amide bonds. The summed E-state index contributed by atoms with van der Waals surface area (Å²) in [4.78, 5) is 10.9. The molecule has 1 aromatic heterocycles. The lowest BCUT2D eigenvalue weighted by atomic mass is 10.3. The highest BCUT2D eigenvalue weighted by atomic mass is 32.2. The second-order valence-electron chi connectivity index (χ2n) is 3.67. The quantitative estimate of drug-likeness (QED) is 0.773. The highest BCUT2D eigenvalue weighted by Crippen LogP contribution is 2.23. The molecule has 1 aliphatic heterocycles. The molecule has 0 aliphatic carbocycles. The molecule has 8 heteroatoms. The van der Waals surface area contributed by atoms with Crippen LogP contribution in [0.1, 0.15) is 10.4 Å². The first kappa shape index (κ1) is 12.5. The summed E-state index contributed by atoms with van der Waals surface area (Å²) in [7, 11) is -3.47. The van der Waals surface area contributed by atoms with E-state index in [1.54, 1.807) is 0 Å². The molecular weight excluding hydrogens is 262 g/mol. The fraction of sp³-hybridized carbons (Fsp3) is 0.444. The summed E-state index contributed by atoms with van der Waals surface area (Å²) in [6.07, 6.45) is 0. The van der Waals surface area contributed by atoms with Crippen molar-refractivity contribution in [1.29, 1.82) is 0 Å². The van der Waals surface area contributed by atoms with Crippen LogP contribution >= 0.6 is 11.3 Å². The highest BCUT2D eigenvalue weighted by Gasteiger charge is 2.27. The van der Waals surface area contributed by atoms with Gasteiger partial charge in [-0.25, -0.2) is 8.42 Å². The average molecular weight is 275 g/mol. The first-order chi connectivity index (χ1) is 8.01. The smallest absolute Gasteiger partial charge is 0.252 e. The van der Waals surface area contributed by atoms with Gasteiger partial charge in [-0.05, 0) is 6.07 Å². The minimum absolute atomic E-state index is 0.174. The van der Waals surface area contributed by atoms with E-state index in [0.29, 0.717) is 26.2 Å². The Morgan fingerprint density at radius 3 is 2.59 bits per heavy atom. The first-order valence-electron chi connectivity index (χ1n) is 5.11. The van der Waals surface area contributed by atoms with E-state index >= 15 is 0 Å². The van der Waals surface area contributed by atoms with Gasteiger partial charge in [0.05, 0.1) is 5.56 Å². The number of carbonyl (C=O) groups is 1. The lowest BCUT2D eigenvalue weighted by Gasteiger charge is -2.25. The van der Waals surface area contributed by atoms with Gasteiger partial charge in [-0.15, -0.1) is 11.3 Å². The molecular formula is C9H13N3O3S2. The molecule has 2 heterocycles. The standard InChI is InChI=1S/C9H13N3O3S2/c10-9(13)7-5-8(16-6-7)17(14,15)12-3-1-11-2-4-12/h5-6,11H,1-4H2,(H2,10,13). The number of piperazine rings is 1. The molecule has 1 saturated heterocycles. The van der Waals surface area contributed by atoms with E-state index in [4.69, 9.17) is 5.73 Å². The highest BCUT2D eigenvalue weighted by molar-refractivity contribution is 7.91. The van der Waals surface area contributed by atoms with E-state index in [2.05, 4.69) is 5.32 Å². The number of thiophene rings is 1. The van der Waals surface area contributed by atoms with Crippen LogP contribution in [0.15, 0.2) is 15.7 Å². The fourth-order valence-corrected chi connectivity index (χ4v) is 4.36. The van der Waals surface area contributed by atoms with E-state index in [-0.39, 0.29) is 9.77 Å². The zero-order valence-electron chi connectivity index (χ0n) is 9.05. The lowest BCUT2D eigenvalue weighted by molar-refractivity contribution is 0.100. The van der Waals surface area contributed by atoms with Gasteiger partial charge in [-0.2, -0.15) is 4.31 Å². The van der Waals surface area contributed by atoms with Crippen molar-refractivity contribution in [3.8, 4) is 0 Å². The Morgan fingerprint density at radius 1 is 1.41 bits per heavy atom. The summed E-state index contributed by atoms with van der Waals surface area (Å²) in [5, 5.41) is 4.55. The minimum atomic E-state index is -3.47. The van der Waals surface area contributed by atoms with Gasteiger partial charge in [0.15, 0.2) is 0 Å². The van der Waals surface area contributed by atoms with E-state index in [1.807, 2.05) is 0 Å². The maximum absolute atomic E-state index is 12.2. The molecule has 0 radical (unpaired) electrons. The Kier molecular flexibility index (Phi) is 3.48. The van der Waals surface area contributed by atoms with Gasteiger partial charge in [0.25, 0.3) is 10.0 Å². The average Bonchev–Trinajstić information content (AvgIpc) is 2.80. The van der Waals surface area contributed by atoms with Crippen molar-refractivity contribution in [3.63, 3.8) is 0 Å². The Morgan fingerprint density at radius 2 is 2.06 bits per heavy atom. The number of nitrogens with two attached hydrogens (primary N) is 1. The van der Waals surface area contributed by atoms with Crippen molar-refractivity contribution in [2.75, 3.05) is 26.2 Å². The van der Waals surface area contributed by atoms with Crippen molar-refractivity contribution in [3.05, 3.63) is 17.0 Å². The third-order valence-electron chi connectivity index (χ3n) is 2.53. The lowest BCUT2D eigenvalue weighted by Crippen LogP contribution is -2.46. The zero-order valence-corrected chi connectivity index (χ0v) is 10.7. The molecule has 1 aliphatic rings. The Balaban J connectivity index is 2.27. The summed E-state index contributed by atoms with van der Waals surface area (Å²) >= 11 is 1.03. The second kappa shape index (κ2) is 4.73. The SMILES string of the molecule is NC(=O)c1csc(S(=O)(=O)N2CCNCC2)c1. The summed E-state index contributed by atoms with van der Waals surface area (Å²) in [6.45, 7) is 2.19. The van der Waals surface area contributed by atoms with Crippen LogP contribution in [-0.4, -0.2) is 44.8 Å². The van der Waals surface area contributed by atoms with Gasteiger partial charge in [0.1, 0.15) is 4.21 Å². The van der Waals surface area contributed by atoms with E-state index < -0.39 is 15.9 Å². The van der Waals surface area contributed by atoms with Crippen LogP contribution in [0.25, 0.3) is 0 Å². The normalized spacial score (nSPS) is 18.1. The number of hydrogen-bond acceptors (Lipinski definition) is 5. The van der Waals surface area contributed by atoms with E-state index in [0.717, 1.165) is 11.3 Å². The van der Waals surface area contributed by atoms with Crippen LogP contribution in [0.5, 0.6) is 0 Å². The maximum Gasteiger partial charge on any atom is 0.252 e. The predicted molar refractivity (Wildman–Crippen MR) is 64.5 cm³/mol. The predicted octanol–water partition coefficient (Wildman–Crippen LogP) is -0.559. The van der Waals surface area contributed by atoms with Crippen molar-refractivity contribution in [2.24, 2.45) is 5.73 Å². The summed E-state index contributed by atoms with van der Waals surface area (Å²) in [5.74, 6) is -0.608. The topological polar surface area (TPSA) is 92.5 Å². The van der Waals surface area contributed by atoms with Gasteiger partial charge in [0, 0.05) is 31.6 Å². The number of primary amides is 1. The van der Waals surface area contributed by atoms with Crippen molar-refractivity contribution in [2.45, 2.75) is 4.21 Å². The third-order valence-corrected chi connectivity index (χ3v) is 5.84. The van der Waals surface area contributed by atoms with Crippen LogP contribution in [0.4, 0.5) is 0 Å². The molecule has 6 nitrogen and oxygen atoms in total. The number of carbonyl (C=O) groups excluding carboxylic acids is 1. The first-order valence-corrected chi connectivity index (χ1v) is 7.43. The number of hydrogen-bond donors (Lipinski definition) is 2. The number of nitrogens with one attached hydrogen (secondary N) is 1. The molecule has 1 aromatic rings. The van der Waals surface area contributed by atoms with E-state index in [9.17, 15) is 13.2 Å². The molecule has 94 valence electrons. The number of sulfonamides is 1. The molecule has 2 rings (SSSR count). The Hall–Kier alpha value is -0.960. The number of amides is 1. The summed E-state index contributed by atoms with van der Waals surface area (Å²) in [5.41, 5.74) is 5.34. The maximum atomic E-state index is 12.2. The Bertz CT molecular complexity index is 517. The molecule has 0 spiro atoms. The van der Waals surface area contributed by atoms with Gasteiger partial charge in [-0.1, -0.05) is 0 Å².